The Morgan fingerprint density at radius 1 is 1.39 bits per heavy atom. The Labute approximate surface area is 133 Å². The molecule has 0 aliphatic rings. The van der Waals surface area contributed by atoms with Gasteiger partial charge in [0.05, 0.1) is 18.3 Å². The minimum absolute atomic E-state index is 0.0609. The highest BCUT2D eigenvalue weighted by Crippen LogP contribution is 2.16. The first-order valence-electron chi connectivity index (χ1n) is 7.48. The predicted molar refractivity (Wildman–Crippen MR) is 83.3 cm³/mol. The highest BCUT2D eigenvalue weighted by Gasteiger charge is 2.17. The molecule has 0 spiro atoms. The topological polar surface area (TPSA) is 78.9 Å². The molecule has 1 aromatic carbocycles. The molecule has 0 saturated carbocycles. The minimum Gasteiger partial charge on any atom is -0.386 e. The molecule has 2 aromatic rings. The van der Waals surface area contributed by atoms with Crippen LogP contribution in [0.1, 0.15) is 42.3 Å². The molecule has 23 heavy (non-hydrogen) atoms. The van der Waals surface area contributed by atoms with Crippen LogP contribution in [0.2, 0.25) is 0 Å². The molecule has 0 aliphatic heterocycles. The fourth-order valence-electron chi connectivity index (χ4n) is 2.54. The molecule has 1 heterocycles. The predicted octanol–water partition coefficient (Wildman–Crippen LogP) is 2.11. The number of nitrogens with zero attached hydrogens (tertiary/aromatic N) is 3. The molecule has 2 rings (SSSR count). The third kappa shape index (κ3) is 3.46. The molecule has 1 aromatic heterocycles. The molecular formula is C17H18FN3O2. The maximum atomic E-state index is 13.2. The van der Waals surface area contributed by atoms with Crippen LogP contribution in [-0.4, -0.2) is 14.9 Å². The first-order valence-corrected chi connectivity index (χ1v) is 7.48. The number of hydrogen-bond acceptors (Lipinski definition) is 4. The van der Waals surface area contributed by atoms with Crippen LogP contribution in [0.4, 0.5) is 4.39 Å². The van der Waals surface area contributed by atoms with E-state index >= 15 is 0 Å². The molecule has 0 fully saturated rings. The van der Waals surface area contributed by atoms with Crippen molar-refractivity contribution in [2.45, 2.75) is 39.3 Å². The average Bonchev–Trinajstić information content (AvgIpc) is 2.55. The Morgan fingerprint density at radius 3 is 2.70 bits per heavy atom. The lowest BCUT2D eigenvalue weighted by atomic mass is 10.0. The fourth-order valence-corrected chi connectivity index (χ4v) is 2.54. The van der Waals surface area contributed by atoms with Crippen molar-refractivity contribution >= 4 is 0 Å². The molecule has 1 atom stereocenters. The average molecular weight is 315 g/mol. The Bertz CT molecular complexity index is 808. The van der Waals surface area contributed by atoms with Gasteiger partial charge in [0.15, 0.2) is 0 Å². The maximum Gasteiger partial charge on any atom is 0.285 e. The second-order valence-electron chi connectivity index (χ2n) is 5.18. The zero-order chi connectivity index (χ0) is 17.0. The normalized spacial score (nSPS) is 12.0. The van der Waals surface area contributed by atoms with E-state index in [2.05, 4.69) is 5.10 Å². The number of benzene rings is 1. The first kappa shape index (κ1) is 16.8. The lowest BCUT2D eigenvalue weighted by molar-refractivity contribution is 0.148. The summed E-state index contributed by atoms with van der Waals surface area (Å²) < 4.78 is 14.3. The Hall–Kier alpha value is -2.52. The maximum absolute atomic E-state index is 13.2. The molecule has 0 amide bonds. The largest absolute Gasteiger partial charge is 0.386 e. The quantitative estimate of drug-likeness (QED) is 0.916. The number of aliphatic hydroxyl groups is 1. The molecule has 0 aliphatic carbocycles. The fraction of sp³-hybridized carbons (Fsp3) is 0.353. The summed E-state index contributed by atoms with van der Waals surface area (Å²) in [4.78, 5) is 12.4. The molecule has 1 unspecified atom stereocenters. The van der Waals surface area contributed by atoms with Crippen LogP contribution in [0.5, 0.6) is 0 Å². The summed E-state index contributed by atoms with van der Waals surface area (Å²) in [5.74, 6) is -0.463. The first-order chi connectivity index (χ1) is 11.0. The van der Waals surface area contributed by atoms with Crippen LogP contribution in [0.25, 0.3) is 0 Å². The van der Waals surface area contributed by atoms with Crippen molar-refractivity contribution in [1.29, 1.82) is 5.26 Å². The second-order valence-corrected chi connectivity index (χ2v) is 5.18. The van der Waals surface area contributed by atoms with E-state index < -0.39 is 17.5 Å². The Morgan fingerprint density at radius 2 is 2.13 bits per heavy atom. The van der Waals surface area contributed by atoms with Crippen molar-refractivity contribution in [3.63, 3.8) is 0 Å². The molecule has 0 bridgehead atoms. The number of hydrogen-bond donors (Lipinski definition) is 1. The van der Waals surface area contributed by atoms with Gasteiger partial charge in [-0.2, -0.15) is 10.4 Å². The Kier molecular flexibility index (Phi) is 5.24. The van der Waals surface area contributed by atoms with Gasteiger partial charge in [-0.3, -0.25) is 4.79 Å². The van der Waals surface area contributed by atoms with E-state index in [-0.39, 0.29) is 12.1 Å². The van der Waals surface area contributed by atoms with E-state index in [0.29, 0.717) is 29.7 Å². The van der Waals surface area contributed by atoms with Crippen molar-refractivity contribution in [2.75, 3.05) is 0 Å². The number of aliphatic hydroxyl groups excluding tert-OH is 1. The van der Waals surface area contributed by atoms with Crippen LogP contribution in [0.15, 0.2) is 29.1 Å². The third-order valence-electron chi connectivity index (χ3n) is 3.72. The summed E-state index contributed by atoms with van der Waals surface area (Å²) in [5.41, 5.74) is 1.20. The molecular weight excluding hydrogens is 297 g/mol. The number of aromatic nitrogens is 2. The molecule has 120 valence electrons. The van der Waals surface area contributed by atoms with Gasteiger partial charge < -0.3 is 5.11 Å². The number of halogens is 1. The number of nitriles is 1. The van der Waals surface area contributed by atoms with Gasteiger partial charge in [0.25, 0.3) is 5.56 Å². The zero-order valence-corrected chi connectivity index (χ0v) is 13.1. The summed E-state index contributed by atoms with van der Waals surface area (Å²) in [5, 5.41) is 23.7. The van der Waals surface area contributed by atoms with Crippen LogP contribution in [-0.2, 0) is 19.4 Å². The highest BCUT2D eigenvalue weighted by atomic mass is 19.1. The third-order valence-corrected chi connectivity index (χ3v) is 3.72. The van der Waals surface area contributed by atoms with Gasteiger partial charge in [-0.25, -0.2) is 9.07 Å². The van der Waals surface area contributed by atoms with Crippen molar-refractivity contribution in [2.24, 2.45) is 0 Å². The summed E-state index contributed by atoms with van der Waals surface area (Å²) >= 11 is 0. The van der Waals surface area contributed by atoms with Crippen LogP contribution in [0, 0.1) is 17.1 Å². The van der Waals surface area contributed by atoms with Gasteiger partial charge in [-0.1, -0.05) is 26.0 Å². The van der Waals surface area contributed by atoms with Crippen LogP contribution in [0.3, 0.4) is 0 Å². The van der Waals surface area contributed by atoms with E-state index in [1.165, 1.54) is 18.2 Å². The standard InChI is InChI=1S/C17H18FN3O2/c1-3-13-14(9-19)17(23)21(20-15(13)4-2)10-16(22)11-6-5-7-12(18)8-11/h5-8,16,22H,3-4,10H2,1-2H3. The minimum atomic E-state index is -1.08. The molecule has 0 saturated heterocycles. The van der Waals surface area contributed by atoms with Gasteiger partial charge in [0, 0.05) is 0 Å². The lowest BCUT2D eigenvalue weighted by Gasteiger charge is -2.15. The summed E-state index contributed by atoms with van der Waals surface area (Å²) in [7, 11) is 0. The highest BCUT2D eigenvalue weighted by molar-refractivity contribution is 5.38. The number of aryl methyl sites for hydroxylation is 1. The van der Waals surface area contributed by atoms with Gasteiger partial charge in [0.2, 0.25) is 0 Å². The number of rotatable bonds is 5. The van der Waals surface area contributed by atoms with Gasteiger partial charge in [0.1, 0.15) is 17.4 Å². The SMILES string of the molecule is CCc1nn(CC(O)c2cccc(F)c2)c(=O)c(C#N)c1CC. The van der Waals surface area contributed by atoms with Crippen LogP contribution >= 0.6 is 0 Å². The summed E-state index contributed by atoms with van der Waals surface area (Å²) in [6.07, 6.45) is 0.0371. The smallest absolute Gasteiger partial charge is 0.285 e. The van der Waals surface area contributed by atoms with E-state index in [1.807, 2.05) is 19.9 Å². The molecule has 5 nitrogen and oxygen atoms in total. The molecule has 1 N–H and O–H groups in total. The monoisotopic (exact) mass is 315 g/mol. The Balaban J connectivity index is 2.44. The van der Waals surface area contributed by atoms with E-state index in [9.17, 15) is 19.6 Å². The van der Waals surface area contributed by atoms with Gasteiger partial charge >= 0.3 is 0 Å². The van der Waals surface area contributed by atoms with Crippen molar-refractivity contribution in [1.82, 2.24) is 9.78 Å². The zero-order valence-electron chi connectivity index (χ0n) is 13.1. The van der Waals surface area contributed by atoms with E-state index in [1.54, 1.807) is 6.07 Å². The van der Waals surface area contributed by atoms with E-state index in [0.717, 1.165) is 4.68 Å². The molecule has 6 heteroatoms. The van der Waals surface area contributed by atoms with E-state index in [4.69, 9.17) is 0 Å². The lowest BCUT2D eigenvalue weighted by Crippen LogP contribution is -2.30. The molecule has 0 radical (unpaired) electrons. The van der Waals surface area contributed by atoms with Crippen molar-refractivity contribution in [3.8, 4) is 6.07 Å². The summed E-state index contributed by atoms with van der Waals surface area (Å²) in [6.45, 7) is 3.62. The van der Waals surface area contributed by atoms with Gasteiger partial charge in [-0.05, 0) is 36.1 Å². The second kappa shape index (κ2) is 7.16. The summed E-state index contributed by atoms with van der Waals surface area (Å²) in [6, 6.07) is 7.49. The van der Waals surface area contributed by atoms with Crippen molar-refractivity contribution < 1.29 is 9.50 Å². The van der Waals surface area contributed by atoms with Crippen molar-refractivity contribution in [3.05, 3.63) is 62.8 Å². The van der Waals surface area contributed by atoms with Crippen LogP contribution < -0.4 is 5.56 Å². The van der Waals surface area contributed by atoms with Gasteiger partial charge in [-0.15, -0.1) is 0 Å².